The summed E-state index contributed by atoms with van der Waals surface area (Å²) in [4.78, 5) is 37.2. The maximum absolute atomic E-state index is 12.3. The number of piperazine rings is 1. The summed E-state index contributed by atoms with van der Waals surface area (Å²) in [5.74, 6) is 2.61. The predicted molar refractivity (Wildman–Crippen MR) is 125 cm³/mol. The van der Waals surface area contributed by atoms with Crippen LogP contribution in [-0.2, 0) is 28.4 Å². The van der Waals surface area contributed by atoms with Gasteiger partial charge in [0.15, 0.2) is 10.9 Å². The number of rotatable bonds is 9. The zero-order valence-electron chi connectivity index (χ0n) is 19.2. The third kappa shape index (κ3) is 6.17. The molecule has 2 amide bonds. The molecule has 0 spiro atoms. The van der Waals surface area contributed by atoms with Crippen LogP contribution in [-0.4, -0.2) is 60.0 Å². The topological polar surface area (TPSA) is 114 Å². The smallest absolute Gasteiger partial charge is 0.287 e. The molecule has 10 nitrogen and oxygen atoms in total. The molecular formula is C23H27N5O5S. The van der Waals surface area contributed by atoms with Crippen molar-refractivity contribution in [3.63, 3.8) is 0 Å². The van der Waals surface area contributed by atoms with Crippen LogP contribution in [0.5, 0.6) is 0 Å². The fourth-order valence-electron chi connectivity index (χ4n) is 3.54. The number of hydrogen-bond donors (Lipinski definition) is 1. The molecule has 0 radical (unpaired) electrons. The zero-order valence-corrected chi connectivity index (χ0v) is 20.0. The van der Waals surface area contributed by atoms with Gasteiger partial charge in [-0.1, -0.05) is 11.8 Å². The number of nitrogens with one attached hydrogen (secondary N) is 1. The van der Waals surface area contributed by atoms with E-state index < -0.39 is 0 Å². The highest BCUT2D eigenvalue weighted by Crippen LogP contribution is 2.25. The first-order valence-corrected chi connectivity index (χ1v) is 11.9. The second kappa shape index (κ2) is 11.2. The van der Waals surface area contributed by atoms with Crippen LogP contribution in [0.25, 0.3) is 0 Å². The first-order valence-electron chi connectivity index (χ1n) is 10.9. The minimum absolute atomic E-state index is 0.0890. The molecule has 1 fully saturated rings. The summed E-state index contributed by atoms with van der Waals surface area (Å²) in [7, 11) is 1.63. The van der Waals surface area contributed by atoms with Gasteiger partial charge in [0.1, 0.15) is 17.3 Å². The van der Waals surface area contributed by atoms with Crippen LogP contribution in [0, 0.1) is 0 Å². The van der Waals surface area contributed by atoms with Crippen LogP contribution >= 0.6 is 11.8 Å². The van der Waals surface area contributed by atoms with E-state index in [1.807, 2.05) is 11.0 Å². The molecule has 34 heavy (non-hydrogen) atoms. The Morgan fingerprint density at radius 2 is 1.97 bits per heavy atom. The van der Waals surface area contributed by atoms with E-state index in [9.17, 15) is 9.59 Å². The fourth-order valence-corrected chi connectivity index (χ4v) is 4.31. The SMILES string of the molecule is COCc1cc(N2CCN(C(C)=O)CC2)nc(SCc2ccc(C(=O)NCc3ccco3)o2)n1. The number of nitrogens with zero attached hydrogens (tertiary/aromatic N) is 4. The predicted octanol–water partition coefficient (Wildman–Crippen LogP) is 2.70. The lowest BCUT2D eigenvalue weighted by Gasteiger charge is -2.35. The van der Waals surface area contributed by atoms with Crippen LogP contribution in [0.1, 0.15) is 34.7 Å². The summed E-state index contributed by atoms with van der Waals surface area (Å²) in [6.45, 7) is 5.01. The number of thioether (sulfide) groups is 1. The number of ether oxygens (including phenoxy) is 1. The Morgan fingerprint density at radius 3 is 2.68 bits per heavy atom. The third-order valence-electron chi connectivity index (χ3n) is 5.32. The van der Waals surface area contributed by atoms with Gasteiger partial charge in [0.25, 0.3) is 5.91 Å². The Morgan fingerprint density at radius 1 is 1.15 bits per heavy atom. The van der Waals surface area contributed by atoms with Crippen molar-refractivity contribution < 1.29 is 23.2 Å². The molecule has 11 heteroatoms. The molecule has 1 N–H and O–H groups in total. The van der Waals surface area contributed by atoms with E-state index in [0.717, 1.165) is 11.5 Å². The lowest BCUT2D eigenvalue weighted by atomic mass is 10.3. The zero-order chi connectivity index (χ0) is 23.9. The van der Waals surface area contributed by atoms with E-state index in [4.69, 9.17) is 18.6 Å². The van der Waals surface area contributed by atoms with Gasteiger partial charge in [-0.05, 0) is 24.3 Å². The van der Waals surface area contributed by atoms with Crippen LogP contribution < -0.4 is 10.2 Å². The molecule has 1 aliphatic rings. The van der Waals surface area contributed by atoms with Crippen molar-refractivity contribution >= 4 is 29.4 Å². The molecule has 0 atom stereocenters. The highest BCUT2D eigenvalue weighted by molar-refractivity contribution is 7.98. The molecule has 0 saturated carbocycles. The molecule has 1 aliphatic heterocycles. The molecule has 0 bridgehead atoms. The summed E-state index contributed by atoms with van der Waals surface area (Å²) in [5.41, 5.74) is 0.779. The molecular weight excluding hydrogens is 458 g/mol. The van der Waals surface area contributed by atoms with E-state index in [0.29, 0.717) is 61.8 Å². The summed E-state index contributed by atoms with van der Waals surface area (Å²) in [6, 6.07) is 8.90. The molecule has 180 valence electrons. The Bertz CT molecular complexity index is 1110. The van der Waals surface area contributed by atoms with Gasteiger partial charge >= 0.3 is 0 Å². The molecule has 0 aromatic carbocycles. The Balaban J connectivity index is 1.37. The maximum atomic E-state index is 12.3. The third-order valence-corrected chi connectivity index (χ3v) is 6.19. The highest BCUT2D eigenvalue weighted by atomic mass is 32.2. The quantitative estimate of drug-likeness (QED) is 0.361. The van der Waals surface area contributed by atoms with E-state index in [-0.39, 0.29) is 17.6 Å². The average molecular weight is 486 g/mol. The van der Waals surface area contributed by atoms with Crippen molar-refractivity contribution in [1.29, 1.82) is 0 Å². The molecule has 0 unspecified atom stereocenters. The molecule has 4 rings (SSSR count). The number of carbonyl (C=O) groups excluding carboxylic acids is 2. The van der Waals surface area contributed by atoms with Crippen LogP contribution in [0.2, 0.25) is 0 Å². The van der Waals surface area contributed by atoms with Gasteiger partial charge in [0.05, 0.1) is 30.9 Å². The lowest BCUT2D eigenvalue weighted by molar-refractivity contribution is -0.129. The standard InChI is InChI=1S/C23H27N5O5S/c1-16(29)27-7-9-28(10-8-27)21-12-17(14-31-2)25-23(26-21)34-15-19-5-6-20(33-19)22(30)24-13-18-4-3-11-32-18/h3-6,11-12H,7-10,13-15H2,1-2H3,(H,24,30). The lowest BCUT2D eigenvalue weighted by Crippen LogP contribution is -2.48. The molecule has 1 saturated heterocycles. The number of carbonyl (C=O) groups is 2. The fraction of sp³-hybridized carbons (Fsp3) is 0.391. The first kappa shape index (κ1) is 23.8. The van der Waals surface area contributed by atoms with Gasteiger partial charge in [0.2, 0.25) is 5.91 Å². The monoisotopic (exact) mass is 485 g/mol. The van der Waals surface area contributed by atoms with E-state index in [1.165, 1.54) is 11.8 Å². The number of aromatic nitrogens is 2. The largest absolute Gasteiger partial charge is 0.467 e. The minimum atomic E-state index is -0.307. The second-order valence-corrected chi connectivity index (χ2v) is 8.69. The Labute approximate surface area is 201 Å². The van der Waals surface area contributed by atoms with E-state index in [1.54, 1.807) is 44.6 Å². The van der Waals surface area contributed by atoms with Gasteiger partial charge in [-0.15, -0.1) is 0 Å². The van der Waals surface area contributed by atoms with Gasteiger partial charge in [-0.25, -0.2) is 9.97 Å². The molecule has 4 heterocycles. The molecule has 0 aliphatic carbocycles. The van der Waals surface area contributed by atoms with Crippen molar-refractivity contribution in [2.75, 3.05) is 38.2 Å². The van der Waals surface area contributed by atoms with E-state index >= 15 is 0 Å². The number of furan rings is 2. The summed E-state index contributed by atoms with van der Waals surface area (Å²) >= 11 is 1.42. The summed E-state index contributed by atoms with van der Waals surface area (Å²) in [5, 5.41) is 3.36. The second-order valence-electron chi connectivity index (χ2n) is 7.74. The van der Waals surface area contributed by atoms with Crippen molar-refractivity contribution in [2.24, 2.45) is 0 Å². The molecule has 3 aromatic rings. The van der Waals surface area contributed by atoms with E-state index in [2.05, 4.69) is 15.2 Å². The Kier molecular flexibility index (Phi) is 7.86. The first-order chi connectivity index (χ1) is 16.5. The van der Waals surface area contributed by atoms with Crippen molar-refractivity contribution in [2.45, 2.75) is 31.0 Å². The minimum Gasteiger partial charge on any atom is -0.467 e. The van der Waals surface area contributed by atoms with Gasteiger partial charge in [-0.2, -0.15) is 0 Å². The number of amides is 2. The average Bonchev–Trinajstić information content (AvgIpc) is 3.54. The van der Waals surface area contributed by atoms with Crippen LogP contribution in [0.15, 0.2) is 50.6 Å². The van der Waals surface area contributed by atoms with Crippen molar-refractivity contribution in [1.82, 2.24) is 20.2 Å². The number of anilines is 1. The Hall–Kier alpha value is -3.31. The number of hydrogen-bond acceptors (Lipinski definition) is 9. The van der Waals surface area contributed by atoms with Crippen LogP contribution in [0.3, 0.4) is 0 Å². The normalized spacial score (nSPS) is 13.8. The summed E-state index contributed by atoms with van der Waals surface area (Å²) < 4.78 is 16.2. The van der Waals surface area contributed by atoms with Crippen molar-refractivity contribution in [3.8, 4) is 0 Å². The van der Waals surface area contributed by atoms with Crippen LogP contribution in [0.4, 0.5) is 5.82 Å². The summed E-state index contributed by atoms with van der Waals surface area (Å²) in [6.07, 6.45) is 1.56. The van der Waals surface area contributed by atoms with Gasteiger partial charge < -0.3 is 28.7 Å². The maximum Gasteiger partial charge on any atom is 0.287 e. The van der Waals surface area contributed by atoms with Gasteiger partial charge in [0, 0.05) is 46.3 Å². The highest BCUT2D eigenvalue weighted by Gasteiger charge is 2.21. The van der Waals surface area contributed by atoms with Gasteiger partial charge in [-0.3, -0.25) is 9.59 Å². The number of methoxy groups -OCH3 is 1. The molecule has 3 aromatic heterocycles. The van der Waals surface area contributed by atoms with Crippen molar-refractivity contribution in [3.05, 3.63) is 59.6 Å².